The molecule has 1 rings (SSSR count). The van der Waals surface area contributed by atoms with Crippen LogP contribution in [0, 0.1) is 0 Å². The number of halogens is 2. The van der Waals surface area contributed by atoms with Crippen molar-refractivity contribution in [3.05, 3.63) is 18.5 Å². The van der Waals surface area contributed by atoms with Gasteiger partial charge in [0, 0.05) is 0 Å². The van der Waals surface area contributed by atoms with E-state index >= 15 is 0 Å². The normalized spacial score (nSPS) is 16.8. The monoisotopic (exact) mass is 266 g/mol. The molecule has 0 aromatic heterocycles. The Bertz CT molecular complexity index is 161. The van der Waals surface area contributed by atoms with E-state index in [1.165, 1.54) is 4.48 Å². The zero-order valence-electron chi connectivity index (χ0n) is 4.07. The number of hydrogen-bond donors (Lipinski definition) is 0. The molecule has 1 heterocycles. The Labute approximate surface area is 76.5 Å². The third kappa shape index (κ3) is 2.22. The van der Waals surface area contributed by atoms with Crippen molar-refractivity contribution in [2.45, 2.75) is 0 Å². The van der Waals surface area contributed by atoms with E-state index in [-0.39, 0.29) is 0 Å². The van der Waals surface area contributed by atoms with E-state index in [4.69, 9.17) is 11.6 Å². The van der Waals surface area contributed by atoms with Crippen LogP contribution in [0.3, 0.4) is 0 Å². The van der Waals surface area contributed by atoms with Gasteiger partial charge < -0.3 is 0 Å². The van der Waals surface area contributed by atoms with Gasteiger partial charge >= 0.3 is 77.5 Å². The van der Waals surface area contributed by atoms with Gasteiger partial charge in [-0.05, 0) is 0 Å². The van der Waals surface area contributed by atoms with Crippen LogP contribution in [0.1, 0.15) is 0 Å². The first kappa shape index (κ1) is 7.33. The van der Waals surface area contributed by atoms with E-state index < -0.39 is 28.7 Å². The summed E-state index contributed by atoms with van der Waals surface area (Å²) < 4.78 is 4.50. The number of allylic oxidation sites excluding steroid dienone is 3. The fourth-order valence-electron chi connectivity index (χ4n) is 0.430. The van der Waals surface area contributed by atoms with Gasteiger partial charge in [0.15, 0.2) is 0 Å². The van der Waals surface area contributed by atoms with E-state index in [0.29, 0.717) is 0 Å². The summed E-state index contributed by atoms with van der Waals surface area (Å²) in [6, 6.07) is 0. The first-order valence-electron chi connectivity index (χ1n) is 2.20. The van der Waals surface area contributed by atoms with Crippen LogP contribution in [-0.2, 0) is 28.7 Å². The maximum atomic E-state index is 5.73. The van der Waals surface area contributed by atoms with Gasteiger partial charge in [0.05, 0.1) is 0 Å². The van der Waals surface area contributed by atoms with Gasteiger partial charge in [0.25, 0.3) is 0 Å². The Morgan fingerprint density at radius 1 is 1.50 bits per heavy atom. The molecule has 0 aromatic rings. The van der Waals surface area contributed by atoms with Crippen molar-refractivity contribution in [2.24, 2.45) is 0 Å². The molecule has 0 saturated heterocycles. The quantitative estimate of drug-likeness (QED) is 0.631. The summed E-state index contributed by atoms with van der Waals surface area (Å²) in [5.74, 6) is 0. The number of rotatable bonds is 0. The predicted molar refractivity (Wildman–Crippen MR) is 37.0 cm³/mol. The third-order valence-electron chi connectivity index (χ3n) is 0.804. The SMILES string of the molecule is Cl[C]1=CC=C(Br)[CH]=[Y]1. The van der Waals surface area contributed by atoms with Crippen LogP contribution >= 0.6 is 27.5 Å². The predicted octanol–water partition coefficient (Wildman–Crippen LogP) is 2.24. The molecule has 0 nitrogen and oxygen atoms in total. The Morgan fingerprint density at radius 3 is 2.62 bits per heavy atom. The van der Waals surface area contributed by atoms with Gasteiger partial charge in [-0.15, -0.1) is 0 Å². The van der Waals surface area contributed by atoms with Crippen molar-refractivity contribution in [3.8, 4) is 0 Å². The molecule has 0 aromatic carbocycles. The average Bonchev–Trinajstić information content (AvgIpc) is 1.77. The fourth-order valence-corrected chi connectivity index (χ4v) is 3.34. The molecule has 0 fully saturated rings. The summed E-state index contributed by atoms with van der Waals surface area (Å²) in [6.07, 6.45) is 3.96. The maximum absolute atomic E-state index is 5.73. The second-order valence-electron chi connectivity index (χ2n) is 1.44. The van der Waals surface area contributed by atoms with Crippen molar-refractivity contribution in [1.29, 1.82) is 0 Å². The zero-order valence-corrected chi connectivity index (χ0v) is 9.25. The molecule has 1 aliphatic rings. The molecule has 0 aliphatic carbocycles. The standard InChI is InChI=1S/C5H3BrCl.Y/c1-5(6)3-2-4-7;/h1-3H;. The van der Waals surface area contributed by atoms with E-state index in [2.05, 4.69) is 18.7 Å². The van der Waals surface area contributed by atoms with E-state index in [0.717, 1.165) is 1.84 Å². The summed E-state index contributed by atoms with van der Waals surface area (Å²) in [4.78, 5) is 0. The van der Waals surface area contributed by atoms with Crippen LogP contribution in [0.25, 0.3) is 0 Å². The van der Waals surface area contributed by atoms with Crippen LogP contribution in [0.5, 0.6) is 0 Å². The van der Waals surface area contributed by atoms with Gasteiger partial charge in [0.1, 0.15) is 0 Å². The molecular weight excluding hydrogens is 264 g/mol. The molecule has 3 heteroatoms. The second kappa shape index (κ2) is 3.41. The van der Waals surface area contributed by atoms with Crippen molar-refractivity contribution in [1.82, 2.24) is 0 Å². The van der Waals surface area contributed by atoms with E-state index in [9.17, 15) is 0 Å². The van der Waals surface area contributed by atoms with Crippen LogP contribution in [-0.4, -0.2) is 2.80 Å². The van der Waals surface area contributed by atoms with Gasteiger partial charge in [-0.3, -0.25) is 0 Å². The molecule has 8 heavy (non-hydrogen) atoms. The van der Waals surface area contributed by atoms with Crippen LogP contribution in [0.2, 0.25) is 0 Å². The minimum atomic E-state index is -0.629. The molecular formula is C5H3BrClY. The van der Waals surface area contributed by atoms with E-state index in [1.54, 1.807) is 0 Å². The van der Waals surface area contributed by atoms with Crippen molar-refractivity contribution in [2.75, 3.05) is 0 Å². The third-order valence-corrected chi connectivity index (χ3v) is 5.95. The minimum absolute atomic E-state index is 0.629. The molecule has 1 aliphatic heterocycles. The molecule has 0 amide bonds. The van der Waals surface area contributed by atoms with Crippen LogP contribution in [0.4, 0.5) is 0 Å². The molecule has 40 valence electrons. The first-order valence-corrected chi connectivity index (χ1v) is 6.43. The fraction of sp³-hybridized carbons (Fsp3) is 0. The molecule has 0 unspecified atom stereocenters. The molecule has 0 atom stereocenters. The molecule has 0 spiro atoms. The van der Waals surface area contributed by atoms with E-state index in [1.807, 2.05) is 12.2 Å². The molecule has 0 saturated carbocycles. The van der Waals surface area contributed by atoms with Crippen molar-refractivity contribution >= 4 is 30.3 Å². The number of hydrogen-bond acceptors (Lipinski definition) is 0. The van der Waals surface area contributed by atoms with Gasteiger partial charge in [-0.1, -0.05) is 0 Å². The van der Waals surface area contributed by atoms with Crippen LogP contribution < -0.4 is 0 Å². The van der Waals surface area contributed by atoms with Crippen LogP contribution in [0.15, 0.2) is 18.5 Å². The molecule has 0 bridgehead atoms. The zero-order chi connectivity index (χ0) is 5.98. The first-order chi connectivity index (χ1) is 3.79. The Balaban J connectivity index is 2.86. The topological polar surface area (TPSA) is 0 Å². The average molecular weight is 267 g/mol. The van der Waals surface area contributed by atoms with Crippen molar-refractivity contribution in [3.63, 3.8) is 0 Å². The van der Waals surface area contributed by atoms with Gasteiger partial charge in [0.2, 0.25) is 0 Å². The van der Waals surface area contributed by atoms with Crippen molar-refractivity contribution < 1.29 is 28.7 Å². The Morgan fingerprint density at radius 2 is 2.25 bits per heavy atom. The second-order valence-corrected chi connectivity index (χ2v) is 6.86. The Hall–Kier alpha value is 1.22. The van der Waals surface area contributed by atoms with Gasteiger partial charge in [-0.2, -0.15) is 0 Å². The Kier molecular flexibility index (Phi) is 3.12. The summed E-state index contributed by atoms with van der Waals surface area (Å²) >= 11 is 8.47. The summed E-state index contributed by atoms with van der Waals surface area (Å²) in [6.45, 7) is 0. The summed E-state index contributed by atoms with van der Waals surface area (Å²) in [5.41, 5.74) is 0. The summed E-state index contributed by atoms with van der Waals surface area (Å²) in [5, 5.41) is 0. The van der Waals surface area contributed by atoms with Gasteiger partial charge in [-0.25, -0.2) is 0 Å². The molecule has 0 radical (unpaired) electrons. The molecule has 0 N–H and O–H groups in total. The summed E-state index contributed by atoms with van der Waals surface area (Å²) in [7, 11) is 0.